The first-order chi connectivity index (χ1) is 12.5. The second-order valence-corrected chi connectivity index (χ2v) is 7.42. The third-order valence-corrected chi connectivity index (χ3v) is 5.13. The fourth-order valence-corrected chi connectivity index (χ4v) is 3.50. The van der Waals surface area contributed by atoms with Crippen molar-refractivity contribution >= 4 is 35.0 Å². The van der Waals surface area contributed by atoms with Gasteiger partial charge in [0.1, 0.15) is 0 Å². The van der Waals surface area contributed by atoms with Crippen LogP contribution in [0.15, 0.2) is 59.8 Å². The lowest BCUT2D eigenvalue weighted by Crippen LogP contribution is -2.33. The van der Waals surface area contributed by atoms with Gasteiger partial charge in [-0.1, -0.05) is 53.7 Å². The van der Waals surface area contributed by atoms with E-state index in [9.17, 15) is 4.79 Å². The molecule has 1 heterocycles. The molecule has 1 atom stereocenters. The van der Waals surface area contributed by atoms with Crippen LogP contribution in [0.25, 0.3) is 11.4 Å². The zero-order chi connectivity index (χ0) is 18.7. The minimum Gasteiger partial charge on any atom is -0.335 e. The Hall–Kier alpha value is -2.51. The van der Waals surface area contributed by atoms with Gasteiger partial charge in [0.15, 0.2) is 5.82 Å². The molecular formula is C18H18ClN5OS. The van der Waals surface area contributed by atoms with Crippen molar-refractivity contribution in [1.29, 1.82) is 0 Å². The van der Waals surface area contributed by atoms with Gasteiger partial charge in [0.25, 0.3) is 0 Å². The maximum Gasteiger partial charge on any atom is 0.240 e. The van der Waals surface area contributed by atoms with Gasteiger partial charge < -0.3 is 10.7 Å². The van der Waals surface area contributed by atoms with Crippen LogP contribution in [0.4, 0.5) is 5.69 Å². The smallest absolute Gasteiger partial charge is 0.240 e. The zero-order valence-corrected chi connectivity index (χ0v) is 15.9. The Morgan fingerprint density at radius 2 is 1.92 bits per heavy atom. The van der Waals surface area contributed by atoms with Gasteiger partial charge in [-0.15, -0.1) is 10.2 Å². The quantitative estimate of drug-likeness (QED) is 0.536. The lowest BCUT2D eigenvalue weighted by atomic mass is 10.2. The molecule has 26 heavy (non-hydrogen) atoms. The molecule has 0 saturated carbocycles. The van der Waals surface area contributed by atoms with Crippen molar-refractivity contribution in [3.8, 4) is 11.4 Å². The van der Waals surface area contributed by atoms with Crippen LogP contribution in [0, 0.1) is 0 Å². The van der Waals surface area contributed by atoms with Crippen LogP contribution >= 0.6 is 23.4 Å². The zero-order valence-electron chi connectivity index (χ0n) is 14.3. The Morgan fingerprint density at radius 1 is 1.19 bits per heavy atom. The fraction of sp³-hybridized carbons (Fsp3) is 0.167. The Kier molecular flexibility index (Phi) is 5.49. The molecule has 6 nitrogen and oxygen atoms in total. The van der Waals surface area contributed by atoms with Crippen molar-refractivity contribution in [2.24, 2.45) is 0 Å². The van der Waals surface area contributed by atoms with Gasteiger partial charge in [-0.25, -0.2) is 4.68 Å². The molecule has 2 aromatic carbocycles. The summed E-state index contributed by atoms with van der Waals surface area (Å²) in [6.07, 6.45) is 0. The maximum atomic E-state index is 12.7. The van der Waals surface area contributed by atoms with Crippen LogP contribution in [-0.2, 0) is 4.79 Å². The number of carbonyl (C=O) groups excluding carboxylic acids is 1. The predicted molar refractivity (Wildman–Crippen MR) is 106 cm³/mol. The molecule has 0 saturated heterocycles. The van der Waals surface area contributed by atoms with E-state index in [0.29, 0.717) is 16.0 Å². The SMILES string of the molecule is C[C@H](Sc1nnc(-c2cccc(Cl)c2)n1N)C(=O)N(C)c1ccccc1. The number of thioether (sulfide) groups is 1. The van der Waals surface area contributed by atoms with Crippen LogP contribution < -0.4 is 10.7 Å². The van der Waals surface area contributed by atoms with E-state index in [1.807, 2.05) is 49.4 Å². The minimum atomic E-state index is -0.376. The number of aromatic nitrogens is 3. The molecule has 3 rings (SSSR count). The van der Waals surface area contributed by atoms with Crippen molar-refractivity contribution in [1.82, 2.24) is 14.9 Å². The molecule has 0 fully saturated rings. The molecule has 8 heteroatoms. The number of halogens is 1. The molecule has 3 aromatic rings. The first-order valence-corrected chi connectivity index (χ1v) is 9.19. The van der Waals surface area contributed by atoms with Crippen molar-refractivity contribution in [3.05, 3.63) is 59.6 Å². The summed E-state index contributed by atoms with van der Waals surface area (Å²) in [6, 6.07) is 16.7. The second kappa shape index (κ2) is 7.80. The van der Waals surface area contributed by atoms with Crippen LogP contribution in [0.5, 0.6) is 0 Å². The van der Waals surface area contributed by atoms with E-state index in [-0.39, 0.29) is 11.2 Å². The topological polar surface area (TPSA) is 77.0 Å². The van der Waals surface area contributed by atoms with E-state index in [0.717, 1.165) is 11.3 Å². The summed E-state index contributed by atoms with van der Waals surface area (Å²) in [5, 5.41) is 8.91. The van der Waals surface area contributed by atoms with E-state index in [4.69, 9.17) is 17.4 Å². The number of anilines is 1. The van der Waals surface area contributed by atoms with Gasteiger partial charge >= 0.3 is 0 Å². The van der Waals surface area contributed by atoms with Gasteiger partial charge in [0.05, 0.1) is 5.25 Å². The summed E-state index contributed by atoms with van der Waals surface area (Å²) in [5.41, 5.74) is 1.60. The number of amides is 1. The van der Waals surface area contributed by atoms with Gasteiger partial charge in [-0.2, -0.15) is 0 Å². The normalized spacial score (nSPS) is 12.0. The molecule has 0 aliphatic carbocycles. The molecule has 0 spiro atoms. The summed E-state index contributed by atoms with van der Waals surface area (Å²) >= 11 is 7.28. The van der Waals surface area contributed by atoms with E-state index in [2.05, 4.69) is 10.2 Å². The van der Waals surface area contributed by atoms with E-state index in [1.165, 1.54) is 16.4 Å². The first kappa shape index (κ1) is 18.3. The Balaban J connectivity index is 1.76. The number of hydrogen-bond acceptors (Lipinski definition) is 5. The van der Waals surface area contributed by atoms with E-state index >= 15 is 0 Å². The van der Waals surface area contributed by atoms with Gasteiger partial charge in [0, 0.05) is 23.3 Å². The summed E-state index contributed by atoms with van der Waals surface area (Å²) in [5.74, 6) is 6.57. The summed E-state index contributed by atoms with van der Waals surface area (Å²) in [6.45, 7) is 1.82. The molecule has 0 aliphatic heterocycles. The van der Waals surface area contributed by atoms with Crippen LogP contribution in [0.1, 0.15) is 6.92 Å². The Labute approximate surface area is 160 Å². The lowest BCUT2D eigenvalue weighted by molar-refractivity contribution is -0.117. The molecule has 0 aliphatic rings. The van der Waals surface area contributed by atoms with Gasteiger partial charge in [-0.3, -0.25) is 4.79 Å². The van der Waals surface area contributed by atoms with Crippen molar-refractivity contribution < 1.29 is 4.79 Å². The number of carbonyl (C=O) groups is 1. The third-order valence-electron chi connectivity index (χ3n) is 3.85. The average molecular weight is 388 g/mol. The lowest BCUT2D eigenvalue weighted by Gasteiger charge is -2.20. The largest absolute Gasteiger partial charge is 0.335 e. The number of rotatable bonds is 5. The summed E-state index contributed by atoms with van der Waals surface area (Å²) in [4.78, 5) is 14.3. The van der Waals surface area contributed by atoms with Gasteiger partial charge in [0.2, 0.25) is 11.1 Å². The Bertz CT molecular complexity index is 915. The maximum absolute atomic E-state index is 12.7. The highest BCUT2D eigenvalue weighted by Gasteiger charge is 2.23. The van der Waals surface area contributed by atoms with Crippen molar-refractivity contribution in [2.75, 3.05) is 17.8 Å². The predicted octanol–water partition coefficient (Wildman–Crippen LogP) is 3.46. The second-order valence-electron chi connectivity index (χ2n) is 5.68. The number of nitrogens with two attached hydrogens (primary N) is 1. The number of para-hydroxylation sites is 1. The van der Waals surface area contributed by atoms with Crippen LogP contribution in [-0.4, -0.2) is 33.1 Å². The highest BCUT2D eigenvalue weighted by molar-refractivity contribution is 8.00. The monoisotopic (exact) mass is 387 g/mol. The van der Waals surface area contributed by atoms with Gasteiger partial charge in [-0.05, 0) is 31.2 Å². The molecule has 2 N–H and O–H groups in total. The number of nitrogens with zero attached hydrogens (tertiary/aromatic N) is 4. The molecule has 1 aromatic heterocycles. The average Bonchev–Trinajstić information content (AvgIpc) is 3.01. The number of benzene rings is 2. The molecular weight excluding hydrogens is 370 g/mol. The highest BCUT2D eigenvalue weighted by Crippen LogP contribution is 2.27. The minimum absolute atomic E-state index is 0.0477. The van der Waals surface area contributed by atoms with E-state index in [1.54, 1.807) is 24.1 Å². The molecule has 1 amide bonds. The van der Waals surface area contributed by atoms with Crippen molar-refractivity contribution in [2.45, 2.75) is 17.3 Å². The fourth-order valence-electron chi connectivity index (χ4n) is 2.44. The van der Waals surface area contributed by atoms with Crippen LogP contribution in [0.3, 0.4) is 0 Å². The first-order valence-electron chi connectivity index (χ1n) is 7.93. The summed E-state index contributed by atoms with van der Waals surface area (Å²) in [7, 11) is 1.75. The highest BCUT2D eigenvalue weighted by atomic mass is 35.5. The number of nitrogen functional groups attached to an aromatic ring is 1. The van der Waals surface area contributed by atoms with Crippen molar-refractivity contribution in [3.63, 3.8) is 0 Å². The molecule has 0 radical (unpaired) electrons. The summed E-state index contributed by atoms with van der Waals surface area (Å²) < 4.78 is 1.38. The molecule has 0 unspecified atom stereocenters. The molecule has 134 valence electrons. The Morgan fingerprint density at radius 3 is 2.62 bits per heavy atom. The number of hydrogen-bond donors (Lipinski definition) is 1. The third kappa shape index (κ3) is 3.84. The molecule has 0 bridgehead atoms. The van der Waals surface area contributed by atoms with E-state index < -0.39 is 0 Å². The van der Waals surface area contributed by atoms with Crippen LogP contribution in [0.2, 0.25) is 5.02 Å². The standard InChI is InChI=1S/C18H18ClN5OS/c1-12(17(25)23(2)15-9-4-3-5-10-15)26-18-22-21-16(24(18)20)13-7-6-8-14(19)11-13/h3-12H,20H2,1-2H3/t12-/m0/s1.